The molecular formula is C20H33N3O2S. The summed E-state index contributed by atoms with van der Waals surface area (Å²) in [7, 11) is 3.49. The molecule has 2 rings (SSSR count). The van der Waals surface area contributed by atoms with Crippen LogP contribution in [0.2, 0.25) is 0 Å². The van der Waals surface area contributed by atoms with E-state index >= 15 is 0 Å². The van der Waals surface area contributed by atoms with Gasteiger partial charge in [0.1, 0.15) is 0 Å². The zero-order chi connectivity index (χ0) is 18.8. The van der Waals surface area contributed by atoms with Gasteiger partial charge < -0.3 is 20.1 Å². The van der Waals surface area contributed by atoms with Crippen LogP contribution in [0.1, 0.15) is 45.1 Å². The Kier molecular flexibility index (Phi) is 8.95. The third-order valence-electron chi connectivity index (χ3n) is 4.58. The van der Waals surface area contributed by atoms with E-state index in [0.29, 0.717) is 19.2 Å². The third-order valence-corrected chi connectivity index (χ3v) is 5.81. The first-order valence-corrected chi connectivity index (χ1v) is 10.6. The predicted molar refractivity (Wildman–Crippen MR) is 112 cm³/mol. The highest BCUT2D eigenvalue weighted by Crippen LogP contribution is 2.29. The first-order valence-electron chi connectivity index (χ1n) is 9.58. The summed E-state index contributed by atoms with van der Waals surface area (Å²) < 4.78 is 11.0. The summed E-state index contributed by atoms with van der Waals surface area (Å²) in [5.41, 5.74) is 1.14. The summed E-state index contributed by atoms with van der Waals surface area (Å²) in [6, 6.07) is 6.54. The first-order chi connectivity index (χ1) is 12.7. The van der Waals surface area contributed by atoms with Crippen molar-refractivity contribution in [3.63, 3.8) is 0 Å². The van der Waals surface area contributed by atoms with E-state index in [2.05, 4.69) is 40.4 Å². The van der Waals surface area contributed by atoms with Gasteiger partial charge in [-0.25, -0.2) is 0 Å². The van der Waals surface area contributed by atoms with E-state index < -0.39 is 0 Å². The molecule has 1 aromatic rings. The Bertz CT molecular complexity index is 578. The lowest BCUT2D eigenvalue weighted by atomic mass is 9.95. The number of hydrogen-bond acceptors (Lipinski definition) is 4. The van der Waals surface area contributed by atoms with E-state index in [1.54, 1.807) is 7.11 Å². The Hall–Kier alpha value is -1.56. The van der Waals surface area contributed by atoms with Crippen molar-refractivity contribution in [2.45, 2.75) is 57.4 Å². The Morgan fingerprint density at radius 2 is 2.12 bits per heavy atom. The molecule has 2 unspecified atom stereocenters. The zero-order valence-electron chi connectivity index (χ0n) is 16.5. The van der Waals surface area contributed by atoms with Gasteiger partial charge in [0.15, 0.2) is 17.5 Å². The SMILES string of the molecule is CCOc1cc(CNC(=NC)NC2CCCC(SCC)C2)ccc1OC. The monoisotopic (exact) mass is 379 g/mol. The molecule has 1 aliphatic rings. The average Bonchev–Trinajstić information content (AvgIpc) is 2.66. The summed E-state index contributed by atoms with van der Waals surface area (Å²) >= 11 is 2.08. The summed E-state index contributed by atoms with van der Waals surface area (Å²) in [6.07, 6.45) is 5.08. The molecule has 0 amide bonds. The van der Waals surface area contributed by atoms with Crippen LogP contribution in [0.5, 0.6) is 11.5 Å². The van der Waals surface area contributed by atoms with Crippen LogP contribution in [-0.4, -0.2) is 43.8 Å². The van der Waals surface area contributed by atoms with Crippen molar-refractivity contribution >= 4 is 17.7 Å². The number of hydrogen-bond donors (Lipinski definition) is 2. The number of nitrogens with one attached hydrogen (secondary N) is 2. The number of thioether (sulfide) groups is 1. The molecule has 2 atom stereocenters. The fourth-order valence-corrected chi connectivity index (χ4v) is 4.51. The van der Waals surface area contributed by atoms with Gasteiger partial charge in [-0.15, -0.1) is 0 Å². The standard InChI is InChI=1S/C20H33N3O2S/c1-5-25-19-12-15(10-11-18(19)24-4)14-22-20(21-3)23-16-8-7-9-17(13-16)26-6-2/h10-12,16-17H,5-9,13-14H2,1-4H3,(H2,21,22,23). The first kappa shape index (κ1) is 20.7. The van der Waals surface area contributed by atoms with Gasteiger partial charge in [0.25, 0.3) is 0 Å². The van der Waals surface area contributed by atoms with Crippen LogP contribution >= 0.6 is 11.8 Å². The number of rotatable bonds is 8. The number of aliphatic imine (C=N–C) groups is 1. The highest BCUT2D eigenvalue weighted by molar-refractivity contribution is 7.99. The van der Waals surface area contributed by atoms with Gasteiger partial charge in [0.2, 0.25) is 0 Å². The fraction of sp³-hybridized carbons (Fsp3) is 0.650. The number of benzene rings is 1. The Balaban J connectivity index is 1.89. The number of methoxy groups -OCH3 is 1. The van der Waals surface area contributed by atoms with Gasteiger partial charge >= 0.3 is 0 Å². The molecule has 5 nitrogen and oxygen atoms in total. The van der Waals surface area contributed by atoms with Crippen molar-refractivity contribution in [1.82, 2.24) is 10.6 Å². The van der Waals surface area contributed by atoms with Crippen LogP contribution in [0, 0.1) is 0 Å². The maximum atomic E-state index is 5.66. The lowest BCUT2D eigenvalue weighted by Crippen LogP contribution is -2.45. The minimum absolute atomic E-state index is 0.508. The van der Waals surface area contributed by atoms with Crippen LogP contribution in [0.25, 0.3) is 0 Å². The Morgan fingerprint density at radius 3 is 2.81 bits per heavy atom. The van der Waals surface area contributed by atoms with E-state index in [1.807, 2.05) is 26.1 Å². The lowest BCUT2D eigenvalue weighted by Gasteiger charge is -2.30. The highest BCUT2D eigenvalue weighted by atomic mass is 32.2. The van der Waals surface area contributed by atoms with Gasteiger partial charge in [-0.3, -0.25) is 4.99 Å². The van der Waals surface area contributed by atoms with Gasteiger partial charge in [-0.2, -0.15) is 11.8 Å². The van der Waals surface area contributed by atoms with E-state index in [0.717, 1.165) is 28.3 Å². The molecule has 0 spiro atoms. The van der Waals surface area contributed by atoms with Crippen LogP contribution in [0.15, 0.2) is 23.2 Å². The van der Waals surface area contributed by atoms with E-state index in [9.17, 15) is 0 Å². The molecule has 2 N–H and O–H groups in total. The second kappa shape index (κ2) is 11.2. The van der Waals surface area contributed by atoms with Crippen molar-refractivity contribution in [3.05, 3.63) is 23.8 Å². The van der Waals surface area contributed by atoms with Gasteiger partial charge in [0.05, 0.1) is 13.7 Å². The predicted octanol–water partition coefficient (Wildman–Crippen LogP) is 3.82. The molecule has 0 aliphatic heterocycles. The number of nitrogens with zero attached hydrogens (tertiary/aromatic N) is 1. The largest absolute Gasteiger partial charge is 0.493 e. The molecule has 0 bridgehead atoms. The van der Waals surface area contributed by atoms with Crippen LogP contribution in [-0.2, 0) is 6.54 Å². The third kappa shape index (κ3) is 6.31. The molecular weight excluding hydrogens is 346 g/mol. The zero-order valence-corrected chi connectivity index (χ0v) is 17.3. The van der Waals surface area contributed by atoms with Crippen molar-refractivity contribution in [3.8, 4) is 11.5 Å². The quantitative estimate of drug-likeness (QED) is 0.531. The van der Waals surface area contributed by atoms with Crippen LogP contribution < -0.4 is 20.1 Å². The summed E-state index contributed by atoms with van der Waals surface area (Å²) in [5, 5.41) is 7.80. The van der Waals surface area contributed by atoms with E-state index in [4.69, 9.17) is 9.47 Å². The summed E-state index contributed by atoms with van der Waals surface area (Å²) in [5.74, 6) is 3.61. The van der Waals surface area contributed by atoms with Crippen molar-refractivity contribution < 1.29 is 9.47 Å². The molecule has 1 fully saturated rings. The van der Waals surface area contributed by atoms with Crippen molar-refractivity contribution in [2.24, 2.45) is 4.99 Å². The second-order valence-electron chi connectivity index (χ2n) is 6.43. The maximum Gasteiger partial charge on any atom is 0.191 e. The summed E-state index contributed by atoms with van der Waals surface area (Å²) in [6.45, 7) is 5.54. The fourth-order valence-electron chi connectivity index (χ4n) is 3.34. The van der Waals surface area contributed by atoms with Gasteiger partial charge in [0, 0.05) is 24.9 Å². The second-order valence-corrected chi connectivity index (χ2v) is 8.01. The van der Waals surface area contributed by atoms with E-state index in [-0.39, 0.29) is 0 Å². The lowest BCUT2D eigenvalue weighted by molar-refractivity contribution is 0.310. The molecule has 26 heavy (non-hydrogen) atoms. The van der Waals surface area contributed by atoms with E-state index in [1.165, 1.54) is 31.4 Å². The molecule has 6 heteroatoms. The minimum Gasteiger partial charge on any atom is -0.493 e. The molecule has 0 saturated heterocycles. The minimum atomic E-state index is 0.508. The van der Waals surface area contributed by atoms with Crippen molar-refractivity contribution in [2.75, 3.05) is 26.5 Å². The molecule has 1 aromatic carbocycles. The molecule has 1 saturated carbocycles. The topological polar surface area (TPSA) is 54.9 Å². The van der Waals surface area contributed by atoms with Gasteiger partial charge in [-0.1, -0.05) is 19.4 Å². The summed E-state index contributed by atoms with van der Waals surface area (Å²) in [4.78, 5) is 4.39. The Morgan fingerprint density at radius 1 is 1.27 bits per heavy atom. The number of ether oxygens (including phenoxy) is 2. The van der Waals surface area contributed by atoms with Crippen molar-refractivity contribution in [1.29, 1.82) is 0 Å². The van der Waals surface area contributed by atoms with Crippen LogP contribution in [0.4, 0.5) is 0 Å². The molecule has 0 radical (unpaired) electrons. The average molecular weight is 380 g/mol. The Labute approximate surface area is 162 Å². The normalized spacial score (nSPS) is 20.5. The smallest absolute Gasteiger partial charge is 0.191 e. The molecule has 146 valence electrons. The highest BCUT2D eigenvalue weighted by Gasteiger charge is 2.22. The molecule has 1 aliphatic carbocycles. The van der Waals surface area contributed by atoms with Crippen LogP contribution in [0.3, 0.4) is 0 Å². The number of guanidine groups is 1. The molecule has 0 heterocycles. The van der Waals surface area contributed by atoms with Gasteiger partial charge in [-0.05, 0) is 49.6 Å². The maximum absolute atomic E-state index is 5.66. The molecule has 0 aromatic heterocycles.